The van der Waals surface area contributed by atoms with Crippen molar-refractivity contribution in [3.05, 3.63) is 53.9 Å². The van der Waals surface area contributed by atoms with Crippen LogP contribution in [0.3, 0.4) is 0 Å². The van der Waals surface area contributed by atoms with Gasteiger partial charge in [0, 0.05) is 29.8 Å². The maximum absolute atomic E-state index is 11.9. The summed E-state index contributed by atoms with van der Waals surface area (Å²) in [5.74, 6) is -0.111. The molecule has 0 aliphatic carbocycles. The predicted octanol–water partition coefficient (Wildman–Crippen LogP) is 3.03. The van der Waals surface area contributed by atoms with Gasteiger partial charge in [-0.3, -0.25) is 9.48 Å². The van der Waals surface area contributed by atoms with Crippen molar-refractivity contribution in [2.45, 2.75) is 17.9 Å². The van der Waals surface area contributed by atoms with Gasteiger partial charge >= 0.3 is 0 Å². The molecule has 0 aliphatic rings. The number of amides is 1. The van der Waals surface area contributed by atoms with E-state index in [1.54, 1.807) is 28.7 Å². The first kappa shape index (κ1) is 15.4. The second-order valence-corrected chi connectivity index (χ2v) is 5.66. The van der Waals surface area contributed by atoms with Gasteiger partial charge in [0.1, 0.15) is 0 Å². The number of nitrogens with zero attached hydrogens (tertiary/aromatic N) is 2. The average molecular weight is 301 g/mol. The highest BCUT2D eigenvalue weighted by atomic mass is 32.2. The van der Waals surface area contributed by atoms with Gasteiger partial charge in [0.05, 0.1) is 12.2 Å². The molecule has 1 aromatic carbocycles. The number of aryl methyl sites for hydroxylation is 1. The lowest BCUT2D eigenvalue weighted by atomic mass is 10.1. The van der Waals surface area contributed by atoms with Gasteiger partial charge in [-0.15, -0.1) is 11.8 Å². The highest BCUT2D eigenvalue weighted by Gasteiger charge is 2.07. The first-order valence-corrected chi connectivity index (χ1v) is 7.92. The number of carbonyl (C=O) groups is 1. The third-order valence-corrected chi connectivity index (χ3v) is 3.87. The second-order valence-electron chi connectivity index (χ2n) is 4.78. The Hall–Kier alpha value is -2.01. The van der Waals surface area contributed by atoms with Crippen LogP contribution in [0.2, 0.25) is 0 Å². The summed E-state index contributed by atoms with van der Waals surface area (Å²) in [6, 6.07) is 8.19. The second kappa shape index (κ2) is 7.13. The van der Waals surface area contributed by atoms with E-state index >= 15 is 0 Å². The van der Waals surface area contributed by atoms with Gasteiger partial charge in [-0.2, -0.15) is 5.10 Å². The average Bonchev–Trinajstić information content (AvgIpc) is 2.91. The molecular formula is C16H19N3OS. The molecular weight excluding hydrogens is 282 g/mol. The minimum atomic E-state index is -0.111. The third kappa shape index (κ3) is 4.49. The molecule has 0 aliphatic heterocycles. The zero-order valence-corrected chi connectivity index (χ0v) is 13.2. The lowest BCUT2D eigenvalue weighted by Crippen LogP contribution is -2.24. The number of rotatable bonds is 5. The molecule has 1 heterocycles. The van der Waals surface area contributed by atoms with E-state index in [2.05, 4.69) is 22.5 Å². The Morgan fingerprint density at radius 1 is 1.38 bits per heavy atom. The Kier molecular flexibility index (Phi) is 5.22. The fourth-order valence-electron chi connectivity index (χ4n) is 1.94. The van der Waals surface area contributed by atoms with Gasteiger partial charge in [0.2, 0.25) is 5.91 Å². The Morgan fingerprint density at radius 3 is 2.67 bits per heavy atom. The fourth-order valence-corrected chi connectivity index (χ4v) is 2.34. The standard InChI is InChI=1S/C16H19N3OS/c1-12(14-5-7-15(21-3)8-6-14)18-16(20)9-4-13-10-17-19(2)11-13/h4-12H,1-3H3,(H,18,20). The van der Waals surface area contributed by atoms with Gasteiger partial charge in [0.25, 0.3) is 0 Å². The van der Waals surface area contributed by atoms with Crippen LogP contribution in [0.5, 0.6) is 0 Å². The van der Waals surface area contributed by atoms with Crippen molar-refractivity contribution in [1.82, 2.24) is 15.1 Å². The van der Waals surface area contributed by atoms with E-state index in [-0.39, 0.29) is 11.9 Å². The zero-order valence-electron chi connectivity index (χ0n) is 12.4. The van der Waals surface area contributed by atoms with Crippen LogP contribution in [-0.2, 0) is 11.8 Å². The highest BCUT2D eigenvalue weighted by Crippen LogP contribution is 2.18. The molecule has 0 bridgehead atoms. The Balaban J connectivity index is 1.93. The Morgan fingerprint density at radius 2 is 2.10 bits per heavy atom. The van der Waals surface area contributed by atoms with Gasteiger partial charge < -0.3 is 5.32 Å². The zero-order chi connectivity index (χ0) is 15.2. The van der Waals surface area contributed by atoms with E-state index < -0.39 is 0 Å². The highest BCUT2D eigenvalue weighted by molar-refractivity contribution is 7.98. The quantitative estimate of drug-likeness (QED) is 0.682. The normalized spacial score (nSPS) is 12.5. The molecule has 4 nitrogen and oxygen atoms in total. The predicted molar refractivity (Wildman–Crippen MR) is 87.0 cm³/mol. The van der Waals surface area contributed by atoms with Crippen molar-refractivity contribution in [2.24, 2.45) is 7.05 Å². The number of hydrogen-bond donors (Lipinski definition) is 1. The SMILES string of the molecule is CSc1ccc(C(C)NC(=O)C=Cc2cnn(C)c2)cc1. The smallest absolute Gasteiger partial charge is 0.244 e. The van der Waals surface area contributed by atoms with Crippen LogP contribution >= 0.6 is 11.8 Å². The van der Waals surface area contributed by atoms with Gasteiger partial charge in [-0.1, -0.05) is 12.1 Å². The minimum Gasteiger partial charge on any atom is -0.346 e. The van der Waals surface area contributed by atoms with Crippen LogP contribution in [0, 0.1) is 0 Å². The van der Waals surface area contributed by atoms with Crippen molar-refractivity contribution in [3.63, 3.8) is 0 Å². The fraction of sp³-hybridized carbons (Fsp3) is 0.250. The van der Waals surface area contributed by atoms with Crippen LogP contribution in [0.25, 0.3) is 6.08 Å². The summed E-state index contributed by atoms with van der Waals surface area (Å²) in [7, 11) is 1.84. The summed E-state index contributed by atoms with van der Waals surface area (Å²) in [5, 5.41) is 7.00. The molecule has 5 heteroatoms. The summed E-state index contributed by atoms with van der Waals surface area (Å²) in [4.78, 5) is 13.1. The number of benzene rings is 1. The molecule has 0 radical (unpaired) electrons. The Labute approximate surface area is 129 Å². The number of thioether (sulfide) groups is 1. The molecule has 0 spiro atoms. The number of aromatic nitrogens is 2. The molecule has 0 saturated heterocycles. The van der Waals surface area contributed by atoms with E-state index in [1.807, 2.05) is 38.6 Å². The molecule has 21 heavy (non-hydrogen) atoms. The van der Waals surface area contributed by atoms with Crippen molar-refractivity contribution >= 4 is 23.7 Å². The van der Waals surface area contributed by atoms with Crippen molar-refractivity contribution in [1.29, 1.82) is 0 Å². The van der Waals surface area contributed by atoms with Crippen LogP contribution in [-0.4, -0.2) is 21.9 Å². The molecule has 0 saturated carbocycles. The maximum Gasteiger partial charge on any atom is 0.244 e. The maximum atomic E-state index is 11.9. The van der Waals surface area contributed by atoms with E-state index in [9.17, 15) is 4.79 Å². The monoisotopic (exact) mass is 301 g/mol. The summed E-state index contributed by atoms with van der Waals surface area (Å²) in [5.41, 5.74) is 2.00. The minimum absolute atomic E-state index is 0.0213. The van der Waals surface area contributed by atoms with Crippen molar-refractivity contribution in [3.8, 4) is 0 Å². The van der Waals surface area contributed by atoms with Gasteiger partial charge in [0.15, 0.2) is 0 Å². The Bertz CT molecular complexity index is 631. The van der Waals surface area contributed by atoms with Crippen molar-refractivity contribution in [2.75, 3.05) is 6.26 Å². The van der Waals surface area contributed by atoms with Crippen LogP contribution in [0.4, 0.5) is 0 Å². The number of carbonyl (C=O) groups excluding carboxylic acids is 1. The summed E-state index contributed by atoms with van der Waals surface area (Å²) >= 11 is 1.70. The first-order valence-electron chi connectivity index (χ1n) is 6.69. The first-order chi connectivity index (χ1) is 10.1. The van der Waals surface area contributed by atoms with Crippen LogP contribution in [0.15, 0.2) is 47.6 Å². The van der Waals surface area contributed by atoms with Crippen LogP contribution < -0.4 is 5.32 Å². The van der Waals surface area contributed by atoms with E-state index in [0.717, 1.165) is 11.1 Å². The van der Waals surface area contributed by atoms with E-state index in [1.165, 1.54) is 11.0 Å². The lowest BCUT2D eigenvalue weighted by Gasteiger charge is -2.13. The van der Waals surface area contributed by atoms with Gasteiger partial charge in [-0.05, 0) is 37.0 Å². The summed E-state index contributed by atoms with van der Waals surface area (Å²) in [6.07, 6.45) is 8.90. The largest absolute Gasteiger partial charge is 0.346 e. The summed E-state index contributed by atoms with van der Waals surface area (Å²) in [6.45, 7) is 1.98. The molecule has 2 rings (SSSR count). The molecule has 2 aromatic rings. The molecule has 1 amide bonds. The molecule has 1 unspecified atom stereocenters. The van der Waals surface area contributed by atoms with Gasteiger partial charge in [-0.25, -0.2) is 0 Å². The summed E-state index contributed by atoms with van der Waals surface area (Å²) < 4.78 is 1.70. The molecule has 1 aromatic heterocycles. The molecule has 1 atom stereocenters. The van der Waals surface area contributed by atoms with Crippen LogP contribution in [0.1, 0.15) is 24.1 Å². The lowest BCUT2D eigenvalue weighted by molar-refractivity contribution is -0.117. The van der Waals surface area contributed by atoms with E-state index in [4.69, 9.17) is 0 Å². The third-order valence-electron chi connectivity index (χ3n) is 3.13. The molecule has 1 N–H and O–H groups in total. The molecule has 0 fully saturated rings. The topological polar surface area (TPSA) is 46.9 Å². The number of hydrogen-bond acceptors (Lipinski definition) is 3. The van der Waals surface area contributed by atoms with Crippen molar-refractivity contribution < 1.29 is 4.79 Å². The number of nitrogens with one attached hydrogen (secondary N) is 1. The molecule has 110 valence electrons. The van der Waals surface area contributed by atoms with E-state index in [0.29, 0.717) is 0 Å².